The third-order valence-electron chi connectivity index (χ3n) is 5.28. The van der Waals surface area contributed by atoms with E-state index < -0.39 is 23.1 Å². The largest absolute Gasteiger partial charge is 0.493 e. The molecule has 1 atom stereocenters. The quantitative estimate of drug-likeness (QED) is 0.553. The number of nitrogens with one attached hydrogen (secondary N) is 1. The van der Waals surface area contributed by atoms with Gasteiger partial charge in [-0.3, -0.25) is 13.9 Å². The molecule has 1 aliphatic heterocycles. The molecule has 0 saturated carbocycles. The van der Waals surface area contributed by atoms with Crippen molar-refractivity contribution in [1.29, 1.82) is 0 Å². The van der Waals surface area contributed by atoms with Gasteiger partial charge in [-0.15, -0.1) is 0 Å². The van der Waals surface area contributed by atoms with Crippen molar-refractivity contribution in [3.05, 3.63) is 74.1 Å². The van der Waals surface area contributed by atoms with E-state index in [1.54, 1.807) is 32.2 Å². The number of hydrogen-bond acceptors (Lipinski definition) is 7. The fourth-order valence-electron chi connectivity index (χ4n) is 3.74. The molecular weight excluding hydrogens is 402 g/mol. The smallest absolute Gasteiger partial charge is 0.337 e. The van der Waals surface area contributed by atoms with Crippen LogP contribution in [0.15, 0.2) is 51.7 Å². The number of rotatable bonds is 6. The maximum Gasteiger partial charge on any atom is 0.337 e. The molecule has 0 aliphatic carbocycles. The Kier molecular flexibility index (Phi) is 6.05. The zero-order valence-corrected chi connectivity index (χ0v) is 18.1. The van der Waals surface area contributed by atoms with E-state index in [1.165, 1.54) is 31.9 Å². The number of allylic oxidation sites excluding steroid dienone is 1. The summed E-state index contributed by atoms with van der Waals surface area (Å²) in [7, 11) is 5.98. The fourth-order valence-corrected chi connectivity index (χ4v) is 3.74. The lowest BCUT2D eigenvalue weighted by Crippen LogP contribution is -2.43. The van der Waals surface area contributed by atoms with E-state index in [4.69, 9.17) is 14.2 Å². The van der Waals surface area contributed by atoms with Gasteiger partial charge in [0.25, 0.3) is 5.56 Å². The van der Waals surface area contributed by atoms with Gasteiger partial charge in [0.05, 0.1) is 31.3 Å². The molecule has 0 spiro atoms. The molecular formula is C22H25N3O6. The molecule has 164 valence electrons. The van der Waals surface area contributed by atoms with Crippen LogP contribution in [-0.4, -0.2) is 35.9 Å². The highest BCUT2D eigenvalue weighted by molar-refractivity contribution is 5.94. The van der Waals surface area contributed by atoms with Gasteiger partial charge in [0, 0.05) is 19.8 Å². The van der Waals surface area contributed by atoms with Crippen LogP contribution in [0.4, 0.5) is 5.82 Å². The maximum absolute atomic E-state index is 13.2. The predicted octanol–water partition coefficient (Wildman–Crippen LogP) is 1.66. The monoisotopic (exact) mass is 427 g/mol. The van der Waals surface area contributed by atoms with Gasteiger partial charge >= 0.3 is 11.7 Å². The summed E-state index contributed by atoms with van der Waals surface area (Å²) in [6, 6.07) is 5.15. The number of methoxy groups -OCH3 is 2. The second-order valence-corrected chi connectivity index (χ2v) is 7.07. The first-order valence-corrected chi connectivity index (χ1v) is 9.54. The molecule has 2 aromatic rings. The molecule has 0 radical (unpaired) electrons. The maximum atomic E-state index is 13.2. The molecule has 1 N–H and O–H groups in total. The van der Waals surface area contributed by atoms with E-state index in [9.17, 15) is 14.4 Å². The van der Waals surface area contributed by atoms with Gasteiger partial charge in [0.15, 0.2) is 11.5 Å². The molecule has 1 aromatic heterocycles. The lowest BCUT2D eigenvalue weighted by atomic mass is 9.82. The first kappa shape index (κ1) is 21.9. The van der Waals surface area contributed by atoms with E-state index >= 15 is 0 Å². The van der Waals surface area contributed by atoms with Gasteiger partial charge in [-0.05, 0) is 24.6 Å². The summed E-state index contributed by atoms with van der Waals surface area (Å²) in [6.45, 7) is 5.29. The SMILES string of the molecule is C=CCOC(=O)C1=C(C)Nc2c(c(=O)n(C)c(=O)n2C)C1c1ccc(OC)c(OC)c1. The van der Waals surface area contributed by atoms with Crippen LogP contribution in [0.1, 0.15) is 24.0 Å². The third-order valence-corrected chi connectivity index (χ3v) is 5.28. The van der Waals surface area contributed by atoms with Crippen LogP contribution in [-0.2, 0) is 23.6 Å². The van der Waals surface area contributed by atoms with Crippen LogP contribution in [0.2, 0.25) is 0 Å². The molecule has 9 heteroatoms. The Bertz CT molecular complexity index is 1200. The van der Waals surface area contributed by atoms with Crippen molar-refractivity contribution in [3.8, 4) is 11.5 Å². The van der Waals surface area contributed by atoms with Gasteiger partial charge in [-0.2, -0.15) is 0 Å². The van der Waals surface area contributed by atoms with Crippen molar-refractivity contribution < 1.29 is 19.0 Å². The number of nitrogens with zero attached hydrogens (tertiary/aromatic N) is 2. The molecule has 31 heavy (non-hydrogen) atoms. The van der Waals surface area contributed by atoms with Crippen molar-refractivity contribution in [1.82, 2.24) is 9.13 Å². The number of benzene rings is 1. The van der Waals surface area contributed by atoms with Crippen LogP contribution in [0.5, 0.6) is 11.5 Å². The zero-order valence-electron chi connectivity index (χ0n) is 18.1. The standard InChI is InChI=1S/C22H25N3O6/c1-7-10-31-21(27)16-12(2)23-19-18(20(26)25(4)22(28)24(19)3)17(16)13-8-9-14(29-5)15(11-13)30-6/h7-9,11,17,23H,1,10H2,2-6H3. The van der Waals surface area contributed by atoms with Crippen molar-refractivity contribution in [3.63, 3.8) is 0 Å². The number of anilines is 1. The van der Waals surface area contributed by atoms with Gasteiger partial charge in [-0.25, -0.2) is 9.59 Å². The van der Waals surface area contributed by atoms with Crippen molar-refractivity contribution in [2.24, 2.45) is 14.1 Å². The molecule has 0 fully saturated rings. The molecule has 2 heterocycles. The first-order valence-electron chi connectivity index (χ1n) is 9.54. The Morgan fingerprint density at radius 1 is 1.16 bits per heavy atom. The predicted molar refractivity (Wildman–Crippen MR) is 116 cm³/mol. The molecule has 1 aromatic carbocycles. The summed E-state index contributed by atoms with van der Waals surface area (Å²) in [5.74, 6) is -0.112. The van der Waals surface area contributed by atoms with E-state index in [0.717, 1.165) is 4.57 Å². The van der Waals surface area contributed by atoms with Gasteiger partial charge < -0.3 is 19.5 Å². The molecule has 0 saturated heterocycles. The van der Waals surface area contributed by atoms with Crippen molar-refractivity contribution in [2.45, 2.75) is 12.8 Å². The number of carbonyl (C=O) groups is 1. The second kappa shape index (κ2) is 8.55. The van der Waals surface area contributed by atoms with Crippen LogP contribution >= 0.6 is 0 Å². The van der Waals surface area contributed by atoms with Crippen molar-refractivity contribution >= 4 is 11.8 Å². The number of aromatic nitrogens is 2. The summed E-state index contributed by atoms with van der Waals surface area (Å²) >= 11 is 0. The van der Waals surface area contributed by atoms with Crippen molar-refractivity contribution in [2.75, 3.05) is 26.1 Å². The zero-order chi connectivity index (χ0) is 22.9. The van der Waals surface area contributed by atoms with Gasteiger partial charge in [0.2, 0.25) is 0 Å². The molecule has 1 unspecified atom stereocenters. The second-order valence-electron chi connectivity index (χ2n) is 7.07. The highest BCUT2D eigenvalue weighted by Crippen LogP contribution is 2.42. The Morgan fingerprint density at radius 2 is 1.84 bits per heavy atom. The summed E-state index contributed by atoms with van der Waals surface area (Å²) in [5.41, 5.74) is 0.621. The summed E-state index contributed by atoms with van der Waals surface area (Å²) in [6.07, 6.45) is 1.46. The minimum absolute atomic E-state index is 0.0202. The average Bonchev–Trinajstić information content (AvgIpc) is 2.78. The fraction of sp³-hybridized carbons (Fsp3) is 0.318. The third kappa shape index (κ3) is 3.63. The number of hydrogen-bond donors (Lipinski definition) is 1. The molecule has 9 nitrogen and oxygen atoms in total. The minimum Gasteiger partial charge on any atom is -0.493 e. The number of carbonyl (C=O) groups excluding carboxylic acids is 1. The minimum atomic E-state index is -0.793. The Labute approximate surface area is 179 Å². The summed E-state index contributed by atoms with van der Waals surface area (Å²) in [5, 5.41) is 3.04. The normalized spacial score (nSPS) is 15.1. The molecule has 1 aliphatic rings. The highest BCUT2D eigenvalue weighted by atomic mass is 16.5. The summed E-state index contributed by atoms with van der Waals surface area (Å²) in [4.78, 5) is 38.7. The van der Waals surface area contributed by atoms with E-state index in [1.807, 2.05) is 0 Å². The molecule has 0 bridgehead atoms. The molecule has 3 rings (SSSR count). The highest BCUT2D eigenvalue weighted by Gasteiger charge is 2.37. The number of fused-ring (bicyclic) bond motifs is 1. The van der Waals surface area contributed by atoms with Crippen LogP contribution < -0.4 is 26.0 Å². The lowest BCUT2D eigenvalue weighted by molar-refractivity contribution is -0.138. The lowest BCUT2D eigenvalue weighted by Gasteiger charge is -2.31. The van der Waals surface area contributed by atoms with Crippen LogP contribution in [0.25, 0.3) is 0 Å². The Balaban J connectivity index is 2.35. The van der Waals surface area contributed by atoms with Gasteiger partial charge in [0.1, 0.15) is 12.4 Å². The number of esters is 1. The average molecular weight is 427 g/mol. The van der Waals surface area contributed by atoms with Crippen LogP contribution in [0, 0.1) is 0 Å². The summed E-state index contributed by atoms with van der Waals surface area (Å²) < 4.78 is 18.4. The van der Waals surface area contributed by atoms with Crippen LogP contribution in [0.3, 0.4) is 0 Å². The Morgan fingerprint density at radius 3 is 2.45 bits per heavy atom. The van der Waals surface area contributed by atoms with E-state index in [2.05, 4.69) is 11.9 Å². The molecule has 0 amide bonds. The Hall–Kier alpha value is -3.75. The van der Waals surface area contributed by atoms with E-state index in [0.29, 0.717) is 28.6 Å². The van der Waals surface area contributed by atoms with E-state index in [-0.39, 0.29) is 17.7 Å². The number of ether oxygens (including phenoxy) is 3. The topological polar surface area (TPSA) is 101 Å². The van der Waals surface area contributed by atoms with Gasteiger partial charge in [-0.1, -0.05) is 18.7 Å². The first-order chi connectivity index (χ1) is 14.8.